The first-order chi connectivity index (χ1) is 8.66. The second-order valence-corrected chi connectivity index (χ2v) is 4.96. The lowest BCUT2D eigenvalue weighted by Gasteiger charge is -2.08. The molecule has 2 nitrogen and oxygen atoms in total. The number of pyridine rings is 1. The van der Waals surface area contributed by atoms with E-state index >= 15 is 0 Å². The molecule has 0 bridgehead atoms. The number of nitrogens with one attached hydrogen (secondary N) is 1. The van der Waals surface area contributed by atoms with E-state index in [0.717, 1.165) is 21.3 Å². The molecule has 0 saturated heterocycles. The van der Waals surface area contributed by atoms with E-state index < -0.39 is 0 Å². The van der Waals surface area contributed by atoms with Crippen LogP contribution in [-0.4, -0.2) is 4.98 Å². The van der Waals surface area contributed by atoms with Crippen LogP contribution in [0.5, 0.6) is 0 Å². The van der Waals surface area contributed by atoms with Crippen LogP contribution in [0.25, 0.3) is 0 Å². The number of hydrogen-bond acceptors (Lipinski definition) is 2. The lowest BCUT2D eigenvalue weighted by molar-refractivity contribution is 0.618. The van der Waals surface area contributed by atoms with Crippen molar-refractivity contribution in [2.75, 3.05) is 0 Å². The van der Waals surface area contributed by atoms with Gasteiger partial charge in [0.15, 0.2) is 0 Å². The summed E-state index contributed by atoms with van der Waals surface area (Å²) in [5, 5.41) is 3.27. The smallest absolute Gasteiger partial charge is 0.123 e. The third kappa shape index (κ3) is 3.37. The molecule has 0 amide bonds. The quantitative estimate of drug-likeness (QED) is 0.934. The minimum Gasteiger partial charge on any atom is -0.307 e. The van der Waals surface area contributed by atoms with Crippen molar-refractivity contribution >= 4 is 15.9 Å². The van der Waals surface area contributed by atoms with Crippen LogP contribution in [0.15, 0.2) is 41.0 Å². The maximum absolute atomic E-state index is 13.1. The van der Waals surface area contributed by atoms with E-state index in [0.29, 0.717) is 13.1 Å². The number of benzene rings is 1. The first-order valence-corrected chi connectivity index (χ1v) is 6.51. The van der Waals surface area contributed by atoms with Gasteiger partial charge in [0.2, 0.25) is 0 Å². The number of aryl methyl sites for hydroxylation is 1. The molecule has 1 aromatic carbocycles. The molecule has 0 unspecified atom stereocenters. The van der Waals surface area contributed by atoms with Crippen LogP contribution in [0.1, 0.15) is 16.8 Å². The maximum atomic E-state index is 13.1. The first kappa shape index (κ1) is 13.2. The van der Waals surface area contributed by atoms with Crippen LogP contribution < -0.4 is 5.32 Å². The molecule has 94 valence electrons. The molecule has 1 aromatic heterocycles. The van der Waals surface area contributed by atoms with Crippen molar-refractivity contribution < 1.29 is 4.39 Å². The molecular weight excluding hydrogens is 295 g/mol. The SMILES string of the molecule is Cc1cccnc1CNCc1cc(F)ccc1Br. The van der Waals surface area contributed by atoms with Gasteiger partial charge >= 0.3 is 0 Å². The van der Waals surface area contributed by atoms with E-state index in [1.807, 2.05) is 19.1 Å². The highest BCUT2D eigenvalue weighted by molar-refractivity contribution is 9.10. The molecule has 2 aromatic rings. The fourth-order valence-electron chi connectivity index (χ4n) is 1.70. The molecule has 0 aliphatic rings. The van der Waals surface area contributed by atoms with Crippen LogP contribution in [0.4, 0.5) is 4.39 Å². The minimum absolute atomic E-state index is 0.219. The largest absolute Gasteiger partial charge is 0.307 e. The summed E-state index contributed by atoms with van der Waals surface area (Å²) in [5.74, 6) is -0.219. The fraction of sp³-hybridized carbons (Fsp3) is 0.214. The molecule has 0 aliphatic carbocycles. The fourth-order valence-corrected chi connectivity index (χ4v) is 2.08. The zero-order valence-corrected chi connectivity index (χ0v) is 11.7. The topological polar surface area (TPSA) is 24.9 Å². The zero-order valence-electron chi connectivity index (χ0n) is 10.1. The highest BCUT2D eigenvalue weighted by Crippen LogP contribution is 2.17. The van der Waals surface area contributed by atoms with Gasteiger partial charge in [0.1, 0.15) is 5.82 Å². The summed E-state index contributed by atoms with van der Waals surface area (Å²) < 4.78 is 14.0. The van der Waals surface area contributed by atoms with E-state index in [1.165, 1.54) is 12.1 Å². The number of rotatable bonds is 4. The van der Waals surface area contributed by atoms with Gasteiger partial charge in [-0.1, -0.05) is 22.0 Å². The Morgan fingerprint density at radius 3 is 2.89 bits per heavy atom. The van der Waals surface area contributed by atoms with Gasteiger partial charge in [-0.05, 0) is 42.3 Å². The van der Waals surface area contributed by atoms with Crippen LogP contribution in [-0.2, 0) is 13.1 Å². The van der Waals surface area contributed by atoms with Gasteiger partial charge in [-0.15, -0.1) is 0 Å². The van der Waals surface area contributed by atoms with Crippen molar-refractivity contribution in [3.63, 3.8) is 0 Å². The number of halogens is 2. The lowest BCUT2D eigenvalue weighted by Crippen LogP contribution is -2.15. The summed E-state index contributed by atoms with van der Waals surface area (Å²) in [6, 6.07) is 8.64. The Morgan fingerprint density at radius 2 is 2.11 bits per heavy atom. The minimum atomic E-state index is -0.219. The molecule has 0 fully saturated rings. The van der Waals surface area contributed by atoms with Crippen molar-refractivity contribution in [3.8, 4) is 0 Å². The van der Waals surface area contributed by atoms with Crippen molar-refractivity contribution in [1.29, 1.82) is 0 Å². The second-order valence-electron chi connectivity index (χ2n) is 4.11. The van der Waals surface area contributed by atoms with E-state index in [9.17, 15) is 4.39 Å². The molecule has 0 radical (unpaired) electrons. The predicted molar refractivity (Wildman–Crippen MR) is 73.6 cm³/mol. The van der Waals surface area contributed by atoms with E-state index in [1.54, 1.807) is 12.3 Å². The molecule has 4 heteroatoms. The molecule has 0 saturated carbocycles. The summed E-state index contributed by atoms with van der Waals surface area (Å²) >= 11 is 3.41. The van der Waals surface area contributed by atoms with E-state index in [-0.39, 0.29) is 5.82 Å². The molecule has 0 spiro atoms. The Bertz CT molecular complexity index is 543. The maximum Gasteiger partial charge on any atom is 0.123 e. The summed E-state index contributed by atoms with van der Waals surface area (Å²) in [6.45, 7) is 3.31. The summed E-state index contributed by atoms with van der Waals surface area (Å²) in [6.07, 6.45) is 1.78. The van der Waals surface area contributed by atoms with Crippen molar-refractivity contribution in [1.82, 2.24) is 10.3 Å². The molecule has 0 aliphatic heterocycles. The molecule has 1 N–H and O–H groups in total. The van der Waals surface area contributed by atoms with Crippen molar-refractivity contribution in [2.45, 2.75) is 20.0 Å². The van der Waals surface area contributed by atoms with Gasteiger partial charge in [0.25, 0.3) is 0 Å². The zero-order chi connectivity index (χ0) is 13.0. The summed E-state index contributed by atoms with van der Waals surface area (Å²) in [5.41, 5.74) is 3.08. The molecule has 0 atom stereocenters. The normalized spacial score (nSPS) is 10.6. The van der Waals surface area contributed by atoms with Crippen LogP contribution in [0, 0.1) is 12.7 Å². The third-order valence-corrected chi connectivity index (χ3v) is 3.51. The molecule has 1 heterocycles. The van der Waals surface area contributed by atoms with Gasteiger partial charge < -0.3 is 5.32 Å². The molecular formula is C14H14BrFN2. The summed E-state index contributed by atoms with van der Waals surface area (Å²) in [7, 11) is 0. The first-order valence-electron chi connectivity index (χ1n) is 5.72. The Labute approximate surface area is 114 Å². The van der Waals surface area contributed by atoms with Gasteiger partial charge in [0.05, 0.1) is 5.69 Å². The standard InChI is InChI=1S/C14H14BrFN2/c1-10-3-2-6-18-14(10)9-17-8-11-7-12(16)4-5-13(11)15/h2-7,17H,8-9H2,1H3. The van der Waals surface area contributed by atoms with Gasteiger partial charge in [-0.3, -0.25) is 4.98 Å². The van der Waals surface area contributed by atoms with E-state index in [2.05, 4.69) is 26.2 Å². The average Bonchev–Trinajstić information content (AvgIpc) is 2.36. The predicted octanol–water partition coefficient (Wildman–Crippen LogP) is 3.58. The van der Waals surface area contributed by atoms with Gasteiger partial charge in [-0.25, -0.2) is 4.39 Å². The highest BCUT2D eigenvalue weighted by atomic mass is 79.9. The Balaban J connectivity index is 1.96. The second kappa shape index (κ2) is 6.07. The monoisotopic (exact) mass is 308 g/mol. The molecule has 2 rings (SSSR count). The lowest BCUT2D eigenvalue weighted by atomic mass is 10.2. The average molecular weight is 309 g/mol. The van der Waals surface area contributed by atoms with Crippen molar-refractivity contribution in [2.24, 2.45) is 0 Å². The van der Waals surface area contributed by atoms with Gasteiger partial charge in [-0.2, -0.15) is 0 Å². The van der Waals surface area contributed by atoms with Crippen LogP contribution in [0.2, 0.25) is 0 Å². The number of nitrogens with zero attached hydrogens (tertiary/aromatic N) is 1. The summed E-state index contributed by atoms with van der Waals surface area (Å²) in [4.78, 5) is 4.30. The van der Waals surface area contributed by atoms with Crippen LogP contribution >= 0.6 is 15.9 Å². The Kier molecular flexibility index (Phi) is 4.44. The van der Waals surface area contributed by atoms with E-state index in [4.69, 9.17) is 0 Å². The highest BCUT2D eigenvalue weighted by Gasteiger charge is 2.03. The third-order valence-electron chi connectivity index (χ3n) is 2.73. The number of aromatic nitrogens is 1. The number of hydrogen-bond donors (Lipinski definition) is 1. The van der Waals surface area contributed by atoms with Crippen LogP contribution in [0.3, 0.4) is 0 Å². The molecule has 18 heavy (non-hydrogen) atoms. The van der Waals surface area contributed by atoms with Gasteiger partial charge in [0, 0.05) is 23.8 Å². The van der Waals surface area contributed by atoms with Crippen molar-refractivity contribution in [3.05, 3.63) is 63.6 Å². The Hall–Kier alpha value is -1.26. The Morgan fingerprint density at radius 1 is 1.28 bits per heavy atom.